The van der Waals surface area contributed by atoms with E-state index in [-0.39, 0.29) is 18.2 Å². The number of carbonyl (C=O) groups excluding carboxylic acids is 2. The number of hydrogen-bond acceptors (Lipinski definition) is 5. The van der Waals surface area contributed by atoms with Crippen molar-refractivity contribution in [1.82, 2.24) is 24.0 Å². The van der Waals surface area contributed by atoms with Crippen LogP contribution in [0.3, 0.4) is 0 Å². The molecule has 10 heteroatoms. The summed E-state index contributed by atoms with van der Waals surface area (Å²) in [5, 5.41) is 5.28. The lowest BCUT2D eigenvalue weighted by molar-refractivity contribution is -0.116. The first-order chi connectivity index (χ1) is 13.8. The Hall–Kier alpha value is -3.69. The van der Waals surface area contributed by atoms with Crippen molar-refractivity contribution in [2.75, 3.05) is 12.4 Å². The topological polar surface area (TPSA) is 120 Å². The van der Waals surface area contributed by atoms with E-state index >= 15 is 0 Å². The zero-order chi connectivity index (χ0) is 21.1. The Bertz CT molecular complexity index is 1200. The van der Waals surface area contributed by atoms with E-state index in [9.17, 15) is 19.2 Å². The highest BCUT2D eigenvalue weighted by Crippen LogP contribution is 2.15. The van der Waals surface area contributed by atoms with E-state index in [0.717, 1.165) is 4.57 Å². The standard InChI is InChI=1S/C19H22N6O4/c1-20-17(27)12-7-4-5-8-13(12)22-14(26)9-6-10-25-11-21-16-15(25)18(28)24(3)19(29)23(16)2/h4-5,7-8,11H,6,9-10H2,1-3H3,(H,20,27)(H,22,26). The number of nitrogens with one attached hydrogen (secondary N) is 2. The van der Waals surface area contributed by atoms with Gasteiger partial charge in [-0.3, -0.25) is 23.5 Å². The molecule has 10 nitrogen and oxygen atoms in total. The number of amides is 2. The molecule has 2 aromatic heterocycles. The molecule has 0 fully saturated rings. The summed E-state index contributed by atoms with van der Waals surface area (Å²) >= 11 is 0. The molecule has 0 aliphatic carbocycles. The van der Waals surface area contributed by atoms with Crippen molar-refractivity contribution in [2.24, 2.45) is 14.1 Å². The molecule has 0 atom stereocenters. The number of benzene rings is 1. The highest BCUT2D eigenvalue weighted by atomic mass is 16.2. The maximum absolute atomic E-state index is 12.4. The van der Waals surface area contributed by atoms with Gasteiger partial charge < -0.3 is 15.2 Å². The lowest BCUT2D eigenvalue weighted by Gasteiger charge is -2.10. The van der Waals surface area contributed by atoms with Gasteiger partial charge in [-0.1, -0.05) is 12.1 Å². The van der Waals surface area contributed by atoms with Crippen LogP contribution in [-0.2, 0) is 25.4 Å². The highest BCUT2D eigenvalue weighted by molar-refractivity contribution is 6.03. The normalized spacial score (nSPS) is 10.9. The van der Waals surface area contributed by atoms with E-state index in [1.807, 2.05) is 0 Å². The summed E-state index contributed by atoms with van der Waals surface area (Å²) in [6, 6.07) is 6.75. The summed E-state index contributed by atoms with van der Waals surface area (Å²) in [7, 11) is 4.49. The van der Waals surface area contributed by atoms with Crippen LogP contribution in [0.15, 0.2) is 40.2 Å². The van der Waals surface area contributed by atoms with E-state index in [1.54, 1.807) is 35.9 Å². The van der Waals surface area contributed by atoms with E-state index in [1.165, 1.54) is 25.0 Å². The third-order valence-electron chi connectivity index (χ3n) is 4.69. The first-order valence-corrected chi connectivity index (χ1v) is 9.07. The van der Waals surface area contributed by atoms with Gasteiger partial charge in [-0.25, -0.2) is 9.78 Å². The van der Waals surface area contributed by atoms with Crippen molar-refractivity contribution >= 4 is 28.7 Å². The van der Waals surface area contributed by atoms with Gasteiger partial charge in [0.25, 0.3) is 11.5 Å². The maximum atomic E-state index is 12.4. The third kappa shape index (κ3) is 3.82. The van der Waals surface area contributed by atoms with Gasteiger partial charge in [0.15, 0.2) is 11.2 Å². The van der Waals surface area contributed by atoms with Gasteiger partial charge in [-0.05, 0) is 18.6 Å². The largest absolute Gasteiger partial charge is 0.355 e. The molecule has 0 radical (unpaired) electrons. The molecule has 0 aliphatic rings. The maximum Gasteiger partial charge on any atom is 0.332 e. The summed E-state index contributed by atoms with van der Waals surface area (Å²) in [5.74, 6) is -0.529. The number of para-hydroxylation sites is 1. The number of aryl methyl sites for hydroxylation is 2. The molecule has 2 N–H and O–H groups in total. The first kappa shape index (κ1) is 20.1. The van der Waals surface area contributed by atoms with Crippen LogP contribution in [0.2, 0.25) is 0 Å². The number of rotatable bonds is 6. The first-order valence-electron chi connectivity index (χ1n) is 9.07. The zero-order valence-electron chi connectivity index (χ0n) is 16.4. The Balaban J connectivity index is 1.70. The van der Waals surface area contributed by atoms with Crippen LogP contribution in [0, 0.1) is 0 Å². The van der Waals surface area contributed by atoms with Crippen molar-refractivity contribution in [3.63, 3.8) is 0 Å². The van der Waals surface area contributed by atoms with Gasteiger partial charge in [0.05, 0.1) is 17.6 Å². The minimum absolute atomic E-state index is 0.188. The van der Waals surface area contributed by atoms with Crippen LogP contribution in [0.1, 0.15) is 23.2 Å². The molecular weight excluding hydrogens is 376 g/mol. The molecule has 3 aromatic rings. The highest BCUT2D eigenvalue weighted by Gasteiger charge is 2.15. The SMILES string of the molecule is CNC(=O)c1ccccc1NC(=O)CCCn1cnc2c1c(=O)n(C)c(=O)n2C. The number of anilines is 1. The molecular formula is C19H22N6O4. The Morgan fingerprint density at radius 2 is 1.83 bits per heavy atom. The van der Waals surface area contributed by atoms with E-state index in [0.29, 0.717) is 35.4 Å². The second-order valence-electron chi connectivity index (χ2n) is 6.59. The predicted octanol–water partition coefficient (Wildman–Crippen LogP) is 0.212. The summed E-state index contributed by atoms with van der Waals surface area (Å²) in [5.41, 5.74) is 0.579. The van der Waals surface area contributed by atoms with Crippen LogP contribution in [0.25, 0.3) is 11.2 Å². The fourth-order valence-corrected chi connectivity index (χ4v) is 3.11. The lowest BCUT2D eigenvalue weighted by atomic mass is 10.1. The van der Waals surface area contributed by atoms with Crippen LogP contribution >= 0.6 is 0 Å². The lowest BCUT2D eigenvalue weighted by Crippen LogP contribution is -2.37. The van der Waals surface area contributed by atoms with Crippen LogP contribution in [0.4, 0.5) is 5.69 Å². The summed E-state index contributed by atoms with van der Waals surface area (Å²) < 4.78 is 3.99. The molecule has 0 aliphatic heterocycles. The average molecular weight is 398 g/mol. The monoisotopic (exact) mass is 398 g/mol. The number of carbonyl (C=O) groups is 2. The van der Waals surface area contributed by atoms with Gasteiger partial charge in [-0.2, -0.15) is 0 Å². The van der Waals surface area contributed by atoms with E-state index in [4.69, 9.17) is 0 Å². The van der Waals surface area contributed by atoms with E-state index in [2.05, 4.69) is 15.6 Å². The Morgan fingerprint density at radius 1 is 1.10 bits per heavy atom. The molecule has 0 bridgehead atoms. The zero-order valence-corrected chi connectivity index (χ0v) is 16.4. The molecule has 29 heavy (non-hydrogen) atoms. The molecule has 0 unspecified atom stereocenters. The summed E-state index contributed by atoms with van der Waals surface area (Å²) in [6.45, 7) is 0.383. The number of fused-ring (bicyclic) bond motifs is 1. The third-order valence-corrected chi connectivity index (χ3v) is 4.69. The molecule has 2 amide bonds. The van der Waals surface area contributed by atoms with Gasteiger partial charge >= 0.3 is 5.69 Å². The van der Waals surface area contributed by atoms with Crippen LogP contribution in [0.5, 0.6) is 0 Å². The second kappa shape index (κ2) is 8.13. The molecule has 152 valence electrons. The van der Waals surface area contributed by atoms with Crippen molar-refractivity contribution in [3.8, 4) is 0 Å². The van der Waals surface area contributed by atoms with Crippen LogP contribution in [-0.4, -0.2) is 37.5 Å². The summed E-state index contributed by atoms with van der Waals surface area (Å²) in [6.07, 6.45) is 2.13. The predicted molar refractivity (Wildman–Crippen MR) is 108 cm³/mol. The van der Waals surface area contributed by atoms with Crippen molar-refractivity contribution in [1.29, 1.82) is 0 Å². The number of nitrogens with zero attached hydrogens (tertiary/aromatic N) is 4. The fourth-order valence-electron chi connectivity index (χ4n) is 3.11. The van der Waals surface area contributed by atoms with Gasteiger partial charge in [0.1, 0.15) is 0 Å². The molecule has 2 heterocycles. The molecule has 0 saturated carbocycles. The Labute approximate surface area is 165 Å². The Kier molecular flexibility index (Phi) is 5.62. The fraction of sp³-hybridized carbons (Fsp3) is 0.316. The molecule has 3 rings (SSSR count). The van der Waals surface area contributed by atoms with Crippen LogP contribution < -0.4 is 21.9 Å². The Morgan fingerprint density at radius 3 is 2.55 bits per heavy atom. The van der Waals surface area contributed by atoms with Crippen molar-refractivity contribution in [2.45, 2.75) is 19.4 Å². The second-order valence-corrected chi connectivity index (χ2v) is 6.59. The number of imidazole rings is 1. The summed E-state index contributed by atoms with van der Waals surface area (Å²) in [4.78, 5) is 52.8. The van der Waals surface area contributed by atoms with Crippen molar-refractivity contribution < 1.29 is 9.59 Å². The quantitative estimate of drug-likeness (QED) is 0.615. The smallest absolute Gasteiger partial charge is 0.332 e. The van der Waals surface area contributed by atoms with Crippen molar-refractivity contribution in [3.05, 3.63) is 57.0 Å². The number of aromatic nitrogens is 4. The molecule has 0 spiro atoms. The molecule has 0 saturated heterocycles. The molecule has 1 aromatic carbocycles. The van der Waals surface area contributed by atoms with Gasteiger partial charge in [0.2, 0.25) is 5.91 Å². The average Bonchev–Trinajstić information content (AvgIpc) is 3.14. The van der Waals surface area contributed by atoms with E-state index < -0.39 is 11.2 Å². The van der Waals surface area contributed by atoms with Gasteiger partial charge in [0, 0.05) is 34.1 Å². The minimum atomic E-state index is -0.443. The number of hydrogen-bond donors (Lipinski definition) is 2. The van der Waals surface area contributed by atoms with Gasteiger partial charge in [-0.15, -0.1) is 0 Å². The minimum Gasteiger partial charge on any atom is -0.355 e.